The van der Waals surface area contributed by atoms with Crippen molar-refractivity contribution in [1.82, 2.24) is 0 Å². The molecule has 0 unspecified atom stereocenters. The Morgan fingerprint density at radius 3 is 2.39 bits per heavy atom. The van der Waals surface area contributed by atoms with Gasteiger partial charge in [-0.3, -0.25) is 9.10 Å². The number of rotatable bonds is 9. The van der Waals surface area contributed by atoms with Crippen LogP contribution in [0.1, 0.15) is 37.0 Å². The van der Waals surface area contributed by atoms with E-state index in [0.717, 1.165) is 6.42 Å². The first-order valence-corrected chi connectivity index (χ1v) is 10.4. The summed E-state index contributed by atoms with van der Waals surface area (Å²) in [5.41, 5.74) is 5.67. The van der Waals surface area contributed by atoms with Gasteiger partial charge in [0.25, 0.3) is 15.9 Å². The molecule has 2 aromatic carbocycles. The zero-order chi connectivity index (χ0) is 20.7. The smallest absolute Gasteiger partial charge is 0.338 e. The predicted octanol–water partition coefficient (Wildman–Crippen LogP) is 2.71. The molecule has 0 radical (unpaired) electrons. The van der Waals surface area contributed by atoms with Crippen molar-refractivity contribution in [3.8, 4) is 0 Å². The van der Waals surface area contributed by atoms with E-state index >= 15 is 0 Å². The Kier molecular flexibility index (Phi) is 7.17. The molecule has 0 aromatic heterocycles. The molecule has 7 nitrogen and oxygen atoms in total. The van der Waals surface area contributed by atoms with E-state index in [0.29, 0.717) is 18.7 Å². The van der Waals surface area contributed by atoms with Crippen molar-refractivity contribution in [2.24, 2.45) is 5.73 Å². The molecule has 28 heavy (non-hydrogen) atoms. The van der Waals surface area contributed by atoms with Gasteiger partial charge in [0.05, 0.1) is 16.1 Å². The van der Waals surface area contributed by atoms with Gasteiger partial charge in [0, 0.05) is 6.54 Å². The molecule has 2 N–H and O–H groups in total. The molecular weight excluding hydrogens is 380 g/mol. The number of carbonyl (C=O) groups is 2. The lowest BCUT2D eigenvalue weighted by atomic mass is 10.2. The fraction of sp³-hybridized carbons (Fsp3) is 0.300. The Labute approximate surface area is 165 Å². The number of primary amides is 1. The second-order valence-electron chi connectivity index (χ2n) is 6.24. The van der Waals surface area contributed by atoms with Crippen molar-refractivity contribution in [3.63, 3.8) is 0 Å². The fourth-order valence-electron chi connectivity index (χ4n) is 2.48. The first-order valence-electron chi connectivity index (χ1n) is 8.95. The molecule has 0 heterocycles. The van der Waals surface area contributed by atoms with Crippen LogP contribution in [0, 0.1) is 0 Å². The number of carbonyl (C=O) groups excluding carboxylic acids is 2. The lowest BCUT2D eigenvalue weighted by Crippen LogP contribution is -2.32. The topological polar surface area (TPSA) is 107 Å². The van der Waals surface area contributed by atoms with Crippen LogP contribution < -0.4 is 10.0 Å². The van der Waals surface area contributed by atoms with E-state index in [1.807, 2.05) is 13.0 Å². The number of unbranched alkanes of at least 4 members (excludes halogenated alkanes) is 1. The number of hydrogen-bond acceptors (Lipinski definition) is 5. The molecular formula is C20H24N2O5S. The number of hydrogen-bond donors (Lipinski definition) is 1. The maximum absolute atomic E-state index is 13.2. The number of para-hydroxylation sites is 1. The number of esters is 1. The van der Waals surface area contributed by atoms with Crippen molar-refractivity contribution in [1.29, 1.82) is 0 Å². The molecule has 0 fully saturated rings. The SMILES string of the molecule is CCCCN(c1ccccc1)S(=O)(=O)c1cccc(C(=O)O[C@H](C)C(N)=O)c1. The Bertz CT molecular complexity index is 929. The van der Waals surface area contributed by atoms with Gasteiger partial charge in [0.15, 0.2) is 6.10 Å². The summed E-state index contributed by atoms with van der Waals surface area (Å²) in [6.45, 7) is 3.64. The van der Waals surface area contributed by atoms with Crippen LogP contribution in [0.25, 0.3) is 0 Å². The van der Waals surface area contributed by atoms with E-state index in [9.17, 15) is 18.0 Å². The van der Waals surface area contributed by atoms with Gasteiger partial charge in [-0.1, -0.05) is 37.6 Å². The average Bonchev–Trinajstić information content (AvgIpc) is 2.69. The Morgan fingerprint density at radius 1 is 1.11 bits per heavy atom. The first-order chi connectivity index (χ1) is 13.3. The molecule has 0 bridgehead atoms. The van der Waals surface area contributed by atoms with Gasteiger partial charge >= 0.3 is 5.97 Å². The van der Waals surface area contributed by atoms with Crippen LogP contribution >= 0.6 is 0 Å². The van der Waals surface area contributed by atoms with E-state index < -0.39 is 28.0 Å². The second-order valence-corrected chi connectivity index (χ2v) is 8.11. The van der Waals surface area contributed by atoms with Crippen molar-refractivity contribution in [3.05, 3.63) is 60.2 Å². The van der Waals surface area contributed by atoms with Crippen LogP contribution in [0.4, 0.5) is 5.69 Å². The highest BCUT2D eigenvalue weighted by Crippen LogP contribution is 2.25. The lowest BCUT2D eigenvalue weighted by Gasteiger charge is -2.24. The van der Waals surface area contributed by atoms with Gasteiger partial charge in [-0.2, -0.15) is 0 Å². The van der Waals surface area contributed by atoms with E-state index in [1.54, 1.807) is 24.3 Å². The quantitative estimate of drug-likeness (QED) is 0.647. The largest absolute Gasteiger partial charge is 0.449 e. The minimum atomic E-state index is -3.89. The van der Waals surface area contributed by atoms with Crippen LogP contribution in [0.2, 0.25) is 0 Å². The van der Waals surface area contributed by atoms with Gasteiger partial charge < -0.3 is 10.5 Å². The minimum Gasteiger partial charge on any atom is -0.449 e. The lowest BCUT2D eigenvalue weighted by molar-refractivity contribution is -0.125. The van der Waals surface area contributed by atoms with Gasteiger partial charge in [-0.15, -0.1) is 0 Å². The van der Waals surface area contributed by atoms with Crippen molar-refractivity contribution < 1.29 is 22.7 Å². The molecule has 0 aliphatic rings. The van der Waals surface area contributed by atoms with Gasteiger partial charge in [-0.05, 0) is 43.7 Å². The van der Waals surface area contributed by atoms with Crippen molar-refractivity contribution >= 4 is 27.6 Å². The molecule has 0 aliphatic carbocycles. The second kappa shape index (κ2) is 9.36. The number of nitrogens with two attached hydrogens (primary N) is 1. The average molecular weight is 404 g/mol. The highest BCUT2D eigenvalue weighted by Gasteiger charge is 2.26. The fourth-order valence-corrected chi connectivity index (χ4v) is 4.03. The van der Waals surface area contributed by atoms with E-state index in [4.69, 9.17) is 10.5 Å². The summed E-state index contributed by atoms with van der Waals surface area (Å²) < 4.78 is 32.8. The Hall–Kier alpha value is -2.87. The molecule has 0 spiro atoms. The van der Waals surface area contributed by atoms with Gasteiger partial charge in [-0.25, -0.2) is 13.2 Å². The molecule has 1 amide bonds. The van der Waals surface area contributed by atoms with Gasteiger partial charge in [0.2, 0.25) is 0 Å². The normalized spacial score (nSPS) is 12.2. The van der Waals surface area contributed by atoms with E-state index in [-0.39, 0.29) is 10.5 Å². The van der Waals surface area contributed by atoms with Crippen LogP contribution in [-0.4, -0.2) is 32.9 Å². The Morgan fingerprint density at radius 2 is 1.79 bits per heavy atom. The molecule has 150 valence electrons. The first kappa shape index (κ1) is 21.4. The minimum absolute atomic E-state index is 0.0256. The number of sulfonamides is 1. The zero-order valence-electron chi connectivity index (χ0n) is 15.9. The summed E-state index contributed by atoms with van der Waals surface area (Å²) >= 11 is 0. The van der Waals surface area contributed by atoms with Crippen molar-refractivity contribution in [2.75, 3.05) is 10.8 Å². The van der Waals surface area contributed by atoms with Crippen LogP contribution in [0.5, 0.6) is 0 Å². The maximum atomic E-state index is 13.2. The van der Waals surface area contributed by atoms with Crippen LogP contribution in [-0.2, 0) is 19.6 Å². The third-order valence-electron chi connectivity index (χ3n) is 4.10. The summed E-state index contributed by atoms with van der Waals surface area (Å²) in [7, 11) is -3.89. The van der Waals surface area contributed by atoms with Crippen LogP contribution in [0.15, 0.2) is 59.5 Å². The third kappa shape index (κ3) is 5.10. The molecule has 0 aliphatic heterocycles. The zero-order valence-corrected chi connectivity index (χ0v) is 16.7. The maximum Gasteiger partial charge on any atom is 0.338 e. The highest BCUT2D eigenvalue weighted by molar-refractivity contribution is 7.92. The molecule has 1 atom stereocenters. The molecule has 8 heteroatoms. The summed E-state index contributed by atoms with van der Waals surface area (Å²) in [5, 5.41) is 0. The number of ether oxygens (including phenoxy) is 1. The monoisotopic (exact) mass is 404 g/mol. The third-order valence-corrected chi connectivity index (χ3v) is 5.92. The van der Waals surface area contributed by atoms with Crippen molar-refractivity contribution in [2.45, 2.75) is 37.7 Å². The summed E-state index contributed by atoms with van der Waals surface area (Å²) in [6, 6.07) is 14.3. The Balaban J connectivity index is 2.38. The molecule has 0 saturated heterocycles. The van der Waals surface area contributed by atoms with Gasteiger partial charge in [0.1, 0.15) is 0 Å². The van der Waals surface area contributed by atoms with E-state index in [2.05, 4.69) is 0 Å². The number of anilines is 1. The number of amides is 1. The number of benzene rings is 2. The summed E-state index contributed by atoms with van der Waals surface area (Å²) in [5.74, 6) is -1.60. The van der Waals surface area contributed by atoms with Crippen LogP contribution in [0.3, 0.4) is 0 Å². The highest BCUT2D eigenvalue weighted by atomic mass is 32.2. The standard InChI is InChI=1S/C20H24N2O5S/c1-3-4-13-22(17-10-6-5-7-11-17)28(25,26)18-12-8-9-16(14-18)20(24)27-15(2)19(21)23/h5-12,14-15H,3-4,13H2,1-2H3,(H2,21,23)/t15-/m1/s1. The van der Waals surface area contributed by atoms with E-state index in [1.165, 1.54) is 35.5 Å². The molecule has 0 saturated carbocycles. The predicted molar refractivity (Wildman–Crippen MR) is 106 cm³/mol. The molecule has 2 aromatic rings. The summed E-state index contributed by atoms with van der Waals surface area (Å²) in [6.07, 6.45) is 0.403. The summed E-state index contributed by atoms with van der Waals surface area (Å²) in [4.78, 5) is 23.3. The number of nitrogens with zero attached hydrogens (tertiary/aromatic N) is 1. The molecule has 2 rings (SSSR count).